The number of ether oxygens (including phenoxy) is 2. The van der Waals surface area contributed by atoms with E-state index in [-0.39, 0.29) is 5.92 Å². The van der Waals surface area contributed by atoms with E-state index in [2.05, 4.69) is 43.1 Å². The molecule has 1 fully saturated rings. The van der Waals surface area contributed by atoms with Crippen LogP contribution in [0.1, 0.15) is 63.5 Å². The first-order valence-corrected chi connectivity index (χ1v) is 13.8. The van der Waals surface area contributed by atoms with Crippen LogP contribution in [0.3, 0.4) is 0 Å². The van der Waals surface area contributed by atoms with Gasteiger partial charge in [-0.25, -0.2) is 0 Å². The summed E-state index contributed by atoms with van der Waals surface area (Å²) in [5, 5.41) is 16.0. The number of nitrogens with one attached hydrogen (secondary N) is 1. The average Bonchev–Trinajstić information content (AvgIpc) is 2.86. The molecule has 1 aliphatic rings. The van der Waals surface area contributed by atoms with E-state index in [9.17, 15) is 5.11 Å². The van der Waals surface area contributed by atoms with Crippen LogP contribution < -0.4 is 10.1 Å². The van der Waals surface area contributed by atoms with E-state index in [1.54, 1.807) is 7.11 Å². The second-order valence-electron chi connectivity index (χ2n) is 11.0. The predicted octanol–water partition coefficient (Wildman–Crippen LogP) is 6.14. The van der Waals surface area contributed by atoms with Gasteiger partial charge in [0, 0.05) is 44.3 Å². The van der Waals surface area contributed by atoms with Gasteiger partial charge in [0.25, 0.3) is 0 Å². The highest BCUT2D eigenvalue weighted by Crippen LogP contribution is 2.44. The molecule has 5 heteroatoms. The van der Waals surface area contributed by atoms with Crippen molar-refractivity contribution in [2.75, 3.05) is 40.4 Å². The van der Waals surface area contributed by atoms with E-state index in [1.165, 1.54) is 0 Å². The van der Waals surface area contributed by atoms with Crippen molar-refractivity contribution >= 4 is 0 Å². The predicted molar refractivity (Wildman–Crippen MR) is 149 cm³/mol. The Hall–Kier alpha value is -1.92. The van der Waals surface area contributed by atoms with E-state index in [0.717, 1.165) is 74.4 Å². The third-order valence-corrected chi connectivity index (χ3v) is 7.55. The zero-order valence-corrected chi connectivity index (χ0v) is 23.1. The van der Waals surface area contributed by atoms with E-state index in [0.29, 0.717) is 25.0 Å². The molecule has 0 saturated carbocycles. The van der Waals surface area contributed by atoms with Crippen LogP contribution >= 0.6 is 0 Å². The molecular weight excluding hydrogens is 448 g/mol. The number of methoxy groups -OCH3 is 1. The fraction of sp³-hybridized carbons (Fsp3) is 0.613. The Bertz CT molecular complexity index is 918. The van der Waals surface area contributed by atoms with E-state index in [1.807, 2.05) is 43.4 Å². The summed E-state index contributed by atoms with van der Waals surface area (Å²) in [5.74, 6) is 2.34. The minimum absolute atomic E-state index is 0.141. The van der Waals surface area contributed by atoms with Gasteiger partial charge in [0.2, 0.25) is 0 Å². The molecule has 1 saturated heterocycles. The topological polar surface area (TPSA) is 54.0 Å². The molecular formula is C31H48N2O3. The van der Waals surface area contributed by atoms with Crippen LogP contribution in [0.5, 0.6) is 11.5 Å². The van der Waals surface area contributed by atoms with Crippen LogP contribution in [0, 0.1) is 18.8 Å². The summed E-state index contributed by atoms with van der Waals surface area (Å²) in [5.41, 5.74) is 1.10. The largest absolute Gasteiger partial charge is 0.457 e. The van der Waals surface area contributed by atoms with Crippen LogP contribution in [-0.2, 0) is 10.3 Å². The maximum Gasteiger partial charge on any atom is 0.133 e. The number of benzene rings is 2. The summed E-state index contributed by atoms with van der Waals surface area (Å²) in [6.07, 6.45) is 5.82. The average molecular weight is 497 g/mol. The molecule has 0 amide bonds. The number of hydrogen-bond acceptors (Lipinski definition) is 5. The first-order chi connectivity index (χ1) is 17.4. The first-order valence-electron chi connectivity index (χ1n) is 13.8. The molecule has 0 spiro atoms. The third kappa shape index (κ3) is 7.79. The fourth-order valence-electron chi connectivity index (χ4n) is 5.79. The Morgan fingerprint density at radius 1 is 1.14 bits per heavy atom. The molecule has 2 aromatic rings. The molecule has 2 aromatic carbocycles. The molecule has 3 unspecified atom stereocenters. The quantitative estimate of drug-likeness (QED) is 0.308. The SMILES string of the molecule is CNCC(CC(C)C)N1CCCC(C(O)(CCCCOC)c2ccccc2Oc2cccc(C)c2)C1. The molecule has 3 rings (SSSR count). The molecule has 0 aromatic heterocycles. The summed E-state index contributed by atoms with van der Waals surface area (Å²) in [7, 11) is 3.78. The van der Waals surface area contributed by atoms with Crippen molar-refractivity contribution in [1.82, 2.24) is 10.2 Å². The second kappa shape index (κ2) is 14.1. The number of piperidine rings is 1. The number of likely N-dealkylation sites (tertiary alicyclic amines) is 1. The van der Waals surface area contributed by atoms with Crippen molar-refractivity contribution in [2.45, 2.75) is 70.9 Å². The lowest BCUT2D eigenvalue weighted by Gasteiger charge is -2.46. The monoisotopic (exact) mass is 496 g/mol. The molecule has 0 bridgehead atoms. The first kappa shape index (κ1) is 28.6. The minimum atomic E-state index is -0.963. The minimum Gasteiger partial charge on any atom is -0.457 e. The summed E-state index contributed by atoms with van der Waals surface area (Å²) < 4.78 is 11.7. The Labute approximate surface area is 219 Å². The van der Waals surface area contributed by atoms with E-state index in [4.69, 9.17) is 9.47 Å². The number of rotatable bonds is 14. The van der Waals surface area contributed by atoms with Crippen LogP contribution in [0.4, 0.5) is 0 Å². The van der Waals surface area contributed by atoms with Crippen molar-refractivity contribution in [3.63, 3.8) is 0 Å². The van der Waals surface area contributed by atoms with Gasteiger partial charge in [-0.15, -0.1) is 0 Å². The lowest BCUT2D eigenvalue weighted by atomic mass is 9.73. The van der Waals surface area contributed by atoms with Crippen LogP contribution in [-0.4, -0.2) is 56.4 Å². The normalized spacial score (nSPS) is 19.2. The number of nitrogens with zero attached hydrogens (tertiary/aromatic N) is 1. The van der Waals surface area contributed by atoms with Crippen molar-refractivity contribution in [3.05, 3.63) is 59.7 Å². The van der Waals surface area contributed by atoms with Gasteiger partial charge in [-0.2, -0.15) is 0 Å². The smallest absolute Gasteiger partial charge is 0.133 e. The number of hydrogen-bond donors (Lipinski definition) is 2. The third-order valence-electron chi connectivity index (χ3n) is 7.55. The second-order valence-corrected chi connectivity index (χ2v) is 11.0. The highest BCUT2D eigenvalue weighted by molar-refractivity contribution is 5.42. The molecule has 1 heterocycles. The number of aryl methyl sites for hydroxylation is 1. The Balaban J connectivity index is 1.92. The van der Waals surface area contributed by atoms with E-state index >= 15 is 0 Å². The molecule has 0 aliphatic carbocycles. The Kier molecular flexibility index (Phi) is 11.2. The van der Waals surface area contributed by atoms with Gasteiger partial charge in [0.15, 0.2) is 0 Å². The van der Waals surface area contributed by atoms with Gasteiger partial charge in [0.05, 0.1) is 5.60 Å². The molecule has 0 radical (unpaired) electrons. The number of aliphatic hydroxyl groups is 1. The zero-order chi connectivity index (χ0) is 26.0. The molecule has 5 nitrogen and oxygen atoms in total. The van der Waals surface area contributed by atoms with Crippen LogP contribution in [0.2, 0.25) is 0 Å². The van der Waals surface area contributed by atoms with Crippen molar-refractivity contribution in [1.29, 1.82) is 0 Å². The van der Waals surface area contributed by atoms with Gasteiger partial charge < -0.3 is 19.9 Å². The number of unbranched alkanes of at least 4 members (excludes halogenated alkanes) is 1. The molecule has 200 valence electrons. The van der Waals surface area contributed by atoms with Crippen LogP contribution in [0.25, 0.3) is 0 Å². The fourth-order valence-corrected chi connectivity index (χ4v) is 5.79. The van der Waals surface area contributed by atoms with Crippen molar-refractivity contribution in [2.24, 2.45) is 11.8 Å². The molecule has 3 atom stereocenters. The maximum absolute atomic E-state index is 12.6. The maximum atomic E-state index is 12.6. The summed E-state index contributed by atoms with van der Waals surface area (Å²) >= 11 is 0. The van der Waals surface area contributed by atoms with Gasteiger partial charge in [0.1, 0.15) is 11.5 Å². The molecule has 36 heavy (non-hydrogen) atoms. The number of para-hydroxylation sites is 1. The van der Waals surface area contributed by atoms with Gasteiger partial charge >= 0.3 is 0 Å². The number of likely N-dealkylation sites (N-methyl/N-ethyl adjacent to an activating group) is 1. The molecule has 2 N–H and O–H groups in total. The Morgan fingerprint density at radius 3 is 2.67 bits per heavy atom. The summed E-state index contributed by atoms with van der Waals surface area (Å²) in [4.78, 5) is 2.62. The summed E-state index contributed by atoms with van der Waals surface area (Å²) in [6, 6.07) is 16.7. The van der Waals surface area contributed by atoms with Crippen LogP contribution in [0.15, 0.2) is 48.5 Å². The Morgan fingerprint density at radius 2 is 1.94 bits per heavy atom. The summed E-state index contributed by atoms with van der Waals surface area (Å²) in [6.45, 7) is 10.4. The van der Waals surface area contributed by atoms with E-state index < -0.39 is 5.60 Å². The van der Waals surface area contributed by atoms with Gasteiger partial charge in [-0.1, -0.05) is 44.2 Å². The lowest BCUT2D eigenvalue weighted by molar-refractivity contribution is -0.0695. The molecule has 1 aliphatic heterocycles. The zero-order valence-electron chi connectivity index (χ0n) is 23.1. The van der Waals surface area contributed by atoms with Crippen molar-refractivity contribution in [3.8, 4) is 11.5 Å². The lowest BCUT2D eigenvalue weighted by Crippen LogP contribution is -2.52. The van der Waals surface area contributed by atoms with Crippen molar-refractivity contribution < 1.29 is 14.6 Å². The highest BCUT2D eigenvalue weighted by Gasteiger charge is 2.43. The highest BCUT2D eigenvalue weighted by atomic mass is 16.5. The standard InChI is InChI=1S/C31H48N2O3/c1-24(2)20-27(22-32-4)33-18-11-13-26(23-33)31(34,17-8-9-19-35-5)29-15-6-7-16-30(29)36-28-14-10-12-25(3)21-28/h6-7,10,12,14-16,21,24,26-27,32,34H,8-9,11,13,17-20,22-23H2,1-5H3. The van der Waals surface area contributed by atoms with Gasteiger partial charge in [-0.3, -0.25) is 4.90 Å². The van der Waals surface area contributed by atoms with Gasteiger partial charge in [-0.05, 0) is 88.7 Å².